The number of carbonyl (C=O) groups excluding carboxylic acids is 2. The first kappa shape index (κ1) is 13.5. The molecule has 1 rings (SSSR count). The lowest BCUT2D eigenvalue weighted by Crippen LogP contribution is -2.30. The maximum atomic E-state index is 11.7. The Morgan fingerprint density at radius 2 is 2.06 bits per heavy atom. The largest absolute Gasteiger partial charge is 0.350 e. The highest BCUT2D eigenvalue weighted by atomic mass is 35.5. The first-order valence-electron chi connectivity index (χ1n) is 5.29. The number of anilines is 1. The number of halogens is 1. The van der Waals surface area contributed by atoms with E-state index in [2.05, 4.69) is 10.6 Å². The first-order valence-corrected chi connectivity index (χ1v) is 5.83. The van der Waals surface area contributed by atoms with Gasteiger partial charge in [0.1, 0.15) is 5.88 Å². The standard InChI is InChI=1S/C12H15ClN2O2/c1-8(2)14-12(17)9-4-3-5-10(6-9)15-11(16)7-13/h3-6,8H,7H2,1-2H3,(H,14,17)(H,15,16). The molecule has 2 N–H and O–H groups in total. The molecular formula is C12H15ClN2O2. The minimum Gasteiger partial charge on any atom is -0.350 e. The van der Waals surface area contributed by atoms with E-state index < -0.39 is 0 Å². The van der Waals surface area contributed by atoms with Gasteiger partial charge in [-0.15, -0.1) is 11.6 Å². The van der Waals surface area contributed by atoms with Gasteiger partial charge in [0.25, 0.3) is 5.91 Å². The average molecular weight is 255 g/mol. The minimum absolute atomic E-state index is 0.0728. The second-order valence-corrected chi connectivity index (χ2v) is 4.16. The fourth-order valence-corrected chi connectivity index (χ4v) is 1.34. The summed E-state index contributed by atoms with van der Waals surface area (Å²) in [6.07, 6.45) is 0. The molecule has 2 amide bonds. The van der Waals surface area contributed by atoms with Crippen LogP contribution in [-0.4, -0.2) is 23.7 Å². The van der Waals surface area contributed by atoms with Crippen molar-refractivity contribution in [3.05, 3.63) is 29.8 Å². The second kappa shape index (κ2) is 6.25. The van der Waals surface area contributed by atoms with Crippen molar-refractivity contribution in [2.75, 3.05) is 11.2 Å². The highest BCUT2D eigenvalue weighted by Gasteiger charge is 2.08. The predicted octanol–water partition coefficient (Wildman–Crippen LogP) is 2.00. The van der Waals surface area contributed by atoms with Gasteiger partial charge < -0.3 is 10.6 Å². The van der Waals surface area contributed by atoms with Crippen LogP contribution >= 0.6 is 11.6 Å². The van der Waals surface area contributed by atoms with Crippen molar-refractivity contribution in [1.82, 2.24) is 5.32 Å². The molecule has 1 aromatic carbocycles. The molecule has 0 radical (unpaired) electrons. The summed E-state index contributed by atoms with van der Waals surface area (Å²) in [5, 5.41) is 5.37. The number of nitrogens with one attached hydrogen (secondary N) is 2. The molecule has 0 spiro atoms. The topological polar surface area (TPSA) is 58.2 Å². The lowest BCUT2D eigenvalue weighted by atomic mass is 10.2. The van der Waals surface area contributed by atoms with Crippen molar-refractivity contribution >= 4 is 29.1 Å². The number of amides is 2. The summed E-state index contributed by atoms with van der Waals surface area (Å²) in [6.45, 7) is 3.77. The average Bonchev–Trinajstić information content (AvgIpc) is 2.28. The fourth-order valence-electron chi connectivity index (χ4n) is 1.28. The summed E-state index contributed by atoms with van der Waals surface area (Å²) in [4.78, 5) is 22.8. The lowest BCUT2D eigenvalue weighted by molar-refractivity contribution is -0.113. The predicted molar refractivity (Wildman–Crippen MR) is 68.4 cm³/mol. The van der Waals surface area contributed by atoms with Crippen molar-refractivity contribution < 1.29 is 9.59 Å². The van der Waals surface area contributed by atoms with Crippen LogP contribution in [0.3, 0.4) is 0 Å². The van der Waals surface area contributed by atoms with E-state index >= 15 is 0 Å². The van der Waals surface area contributed by atoms with Gasteiger partial charge in [-0.3, -0.25) is 9.59 Å². The van der Waals surface area contributed by atoms with Gasteiger partial charge in [0.15, 0.2) is 0 Å². The van der Waals surface area contributed by atoms with E-state index in [0.717, 1.165) is 0 Å². The molecule has 0 aromatic heterocycles. The summed E-state index contributed by atoms with van der Waals surface area (Å²) in [5.41, 5.74) is 1.07. The molecule has 0 aliphatic heterocycles. The Morgan fingerprint density at radius 1 is 1.35 bits per heavy atom. The molecule has 17 heavy (non-hydrogen) atoms. The van der Waals surface area contributed by atoms with E-state index in [-0.39, 0.29) is 23.7 Å². The van der Waals surface area contributed by atoms with Crippen molar-refractivity contribution in [2.24, 2.45) is 0 Å². The molecule has 5 heteroatoms. The smallest absolute Gasteiger partial charge is 0.251 e. The van der Waals surface area contributed by atoms with Crippen molar-refractivity contribution in [1.29, 1.82) is 0 Å². The van der Waals surface area contributed by atoms with Crippen LogP contribution in [0.25, 0.3) is 0 Å². The molecule has 0 saturated carbocycles. The van der Waals surface area contributed by atoms with Crippen LogP contribution in [0.5, 0.6) is 0 Å². The van der Waals surface area contributed by atoms with E-state index in [1.165, 1.54) is 0 Å². The van der Waals surface area contributed by atoms with E-state index in [9.17, 15) is 9.59 Å². The summed E-state index contributed by atoms with van der Waals surface area (Å²) in [5.74, 6) is -0.572. The van der Waals surface area contributed by atoms with Gasteiger partial charge in [0, 0.05) is 17.3 Å². The Morgan fingerprint density at radius 3 is 2.65 bits per heavy atom. The molecule has 0 saturated heterocycles. The zero-order valence-corrected chi connectivity index (χ0v) is 10.5. The van der Waals surface area contributed by atoms with Crippen LogP contribution in [0.15, 0.2) is 24.3 Å². The molecule has 0 bridgehead atoms. The normalized spacial score (nSPS) is 10.1. The minimum atomic E-state index is -0.298. The Balaban J connectivity index is 2.78. The lowest BCUT2D eigenvalue weighted by Gasteiger charge is -2.09. The second-order valence-electron chi connectivity index (χ2n) is 3.89. The van der Waals surface area contributed by atoms with Crippen LogP contribution < -0.4 is 10.6 Å². The van der Waals surface area contributed by atoms with Gasteiger partial charge in [-0.25, -0.2) is 0 Å². The Kier molecular flexibility index (Phi) is 4.97. The summed E-state index contributed by atoms with van der Waals surface area (Å²) in [6, 6.07) is 6.79. The molecular weight excluding hydrogens is 240 g/mol. The zero-order valence-electron chi connectivity index (χ0n) is 9.79. The molecule has 92 valence electrons. The number of benzene rings is 1. The van der Waals surface area contributed by atoms with E-state index in [0.29, 0.717) is 11.3 Å². The van der Waals surface area contributed by atoms with Gasteiger partial charge in [-0.1, -0.05) is 6.07 Å². The number of rotatable bonds is 4. The van der Waals surface area contributed by atoms with Crippen LogP contribution in [-0.2, 0) is 4.79 Å². The van der Waals surface area contributed by atoms with Gasteiger partial charge in [0.05, 0.1) is 0 Å². The van der Waals surface area contributed by atoms with Gasteiger partial charge in [0.2, 0.25) is 5.91 Å². The summed E-state index contributed by atoms with van der Waals surface area (Å²) < 4.78 is 0. The maximum Gasteiger partial charge on any atom is 0.251 e. The Hall–Kier alpha value is -1.55. The monoisotopic (exact) mass is 254 g/mol. The van der Waals surface area contributed by atoms with E-state index in [4.69, 9.17) is 11.6 Å². The molecule has 4 nitrogen and oxygen atoms in total. The number of alkyl halides is 1. The highest BCUT2D eigenvalue weighted by Crippen LogP contribution is 2.10. The zero-order chi connectivity index (χ0) is 12.8. The molecule has 0 atom stereocenters. The quantitative estimate of drug-likeness (QED) is 0.808. The van der Waals surface area contributed by atoms with Crippen LogP contribution in [0.1, 0.15) is 24.2 Å². The van der Waals surface area contributed by atoms with E-state index in [1.54, 1.807) is 24.3 Å². The SMILES string of the molecule is CC(C)NC(=O)c1cccc(NC(=O)CCl)c1. The third kappa shape index (κ3) is 4.44. The van der Waals surface area contributed by atoms with E-state index in [1.807, 2.05) is 13.8 Å². The van der Waals surface area contributed by atoms with Crippen LogP contribution in [0, 0.1) is 0 Å². The highest BCUT2D eigenvalue weighted by molar-refractivity contribution is 6.29. The maximum absolute atomic E-state index is 11.7. The van der Waals surface area contributed by atoms with Crippen LogP contribution in [0.2, 0.25) is 0 Å². The van der Waals surface area contributed by atoms with Crippen molar-refractivity contribution in [3.63, 3.8) is 0 Å². The fraction of sp³-hybridized carbons (Fsp3) is 0.333. The van der Waals surface area contributed by atoms with Crippen molar-refractivity contribution in [3.8, 4) is 0 Å². The third-order valence-corrected chi connectivity index (χ3v) is 2.19. The Labute approximate surface area is 105 Å². The molecule has 1 aromatic rings. The number of hydrogen-bond donors (Lipinski definition) is 2. The van der Waals surface area contributed by atoms with Gasteiger partial charge in [-0.05, 0) is 32.0 Å². The number of hydrogen-bond acceptors (Lipinski definition) is 2. The van der Waals surface area contributed by atoms with Crippen molar-refractivity contribution in [2.45, 2.75) is 19.9 Å². The third-order valence-electron chi connectivity index (χ3n) is 1.95. The molecule has 0 heterocycles. The van der Waals surface area contributed by atoms with Crippen LogP contribution in [0.4, 0.5) is 5.69 Å². The van der Waals surface area contributed by atoms with Gasteiger partial charge >= 0.3 is 0 Å². The molecule has 0 aliphatic rings. The molecule has 0 unspecified atom stereocenters. The summed E-state index contributed by atoms with van der Waals surface area (Å²) in [7, 11) is 0. The summed E-state index contributed by atoms with van der Waals surface area (Å²) >= 11 is 5.38. The van der Waals surface area contributed by atoms with Gasteiger partial charge in [-0.2, -0.15) is 0 Å². The first-order chi connectivity index (χ1) is 8.02. The molecule has 0 fully saturated rings. The molecule has 0 aliphatic carbocycles. The number of carbonyl (C=O) groups is 2. The Bertz CT molecular complexity index is 419.